The molecule has 0 radical (unpaired) electrons. The molecule has 0 unspecified atom stereocenters. The van der Waals surface area contributed by atoms with Gasteiger partial charge >= 0.3 is 0 Å². The van der Waals surface area contributed by atoms with Gasteiger partial charge in [-0.25, -0.2) is 0 Å². The van der Waals surface area contributed by atoms with Crippen molar-refractivity contribution in [2.75, 3.05) is 25.5 Å². The average Bonchev–Trinajstić information content (AvgIpc) is 2.76. The Bertz CT molecular complexity index is 552. The van der Waals surface area contributed by atoms with Gasteiger partial charge in [-0.05, 0) is 25.6 Å². The Morgan fingerprint density at radius 1 is 1.60 bits per heavy atom. The molecule has 0 saturated carbocycles. The number of aryl methyl sites for hydroxylation is 1. The number of amides is 1. The highest BCUT2D eigenvalue weighted by Crippen LogP contribution is 2.31. The van der Waals surface area contributed by atoms with E-state index < -0.39 is 0 Å². The molecule has 1 aromatic heterocycles. The number of nitrogens with zero attached hydrogens (tertiary/aromatic N) is 1. The van der Waals surface area contributed by atoms with Crippen molar-refractivity contribution >= 4 is 41.2 Å². The molecule has 1 aromatic rings. The van der Waals surface area contributed by atoms with Gasteiger partial charge in [-0.15, -0.1) is 11.3 Å². The van der Waals surface area contributed by atoms with Crippen molar-refractivity contribution < 1.29 is 9.53 Å². The second-order valence-corrected chi connectivity index (χ2v) is 8.29. The standard InChI is InChI=1S/C13H18N2O2S3/c1-8-10(20-13(18)14-8)6-12(16)15-3-5-19-11-7-17-4-2-9(11)15/h9,11H,2-7H2,1H3,(H,14,18)/t9-,11+/m1/s1. The number of aromatic nitrogens is 1. The molecular formula is C13H18N2O2S3. The molecule has 7 heteroatoms. The zero-order valence-corrected chi connectivity index (χ0v) is 13.8. The van der Waals surface area contributed by atoms with E-state index in [1.54, 1.807) is 0 Å². The van der Waals surface area contributed by atoms with Crippen molar-refractivity contribution in [1.82, 2.24) is 9.88 Å². The summed E-state index contributed by atoms with van der Waals surface area (Å²) in [6, 6.07) is 0.349. The number of thioether (sulfide) groups is 1. The van der Waals surface area contributed by atoms with Crippen LogP contribution < -0.4 is 0 Å². The summed E-state index contributed by atoms with van der Waals surface area (Å²) in [5.74, 6) is 1.24. The minimum absolute atomic E-state index is 0.232. The third kappa shape index (κ3) is 2.95. The van der Waals surface area contributed by atoms with Gasteiger partial charge in [0.1, 0.15) is 0 Å². The lowest BCUT2D eigenvalue weighted by molar-refractivity contribution is -0.134. The number of hydrogen-bond acceptors (Lipinski definition) is 5. The Kier molecular flexibility index (Phi) is 4.49. The predicted octanol–water partition coefficient (Wildman–Crippen LogP) is 2.39. The SMILES string of the molecule is Cc1[nH]c(=S)sc1CC(=O)N1CCS[C@H]2COCC[C@H]21. The predicted molar refractivity (Wildman–Crippen MR) is 85.1 cm³/mol. The highest BCUT2D eigenvalue weighted by Gasteiger charge is 2.36. The first kappa shape index (κ1) is 14.6. The van der Waals surface area contributed by atoms with Crippen molar-refractivity contribution in [3.8, 4) is 0 Å². The summed E-state index contributed by atoms with van der Waals surface area (Å²) in [5, 5.41) is 0.451. The van der Waals surface area contributed by atoms with E-state index in [0.717, 1.165) is 46.5 Å². The number of H-pyrrole nitrogens is 1. The molecule has 3 rings (SSSR count). The van der Waals surface area contributed by atoms with Crippen LogP contribution in [0.1, 0.15) is 17.0 Å². The summed E-state index contributed by atoms with van der Waals surface area (Å²) in [7, 11) is 0. The van der Waals surface area contributed by atoms with Crippen LogP contribution in [0.15, 0.2) is 0 Å². The van der Waals surface area contributed by atoms with E-state index in [1.165, 1.54) is 11.3 Å². The maximum absolute atomic E-state index is 12.6. The first-order valence-electron chi connectivity index (χ1n) is 6.82. The van der Waals surface area contributed by atoms with Crippen LogP contribution in [-0.4, -0.2) is 52.6 Å². The van der Waals surface area contributed by atoms with Crippen LogP contribution in [0.4, 0.5) is 0 Å². The molecular weight excluding hydrogens is 312 g/mol. The van der Waals surface area contributed by atoms with E-state index in [0.29, 0.717) is 17.7 Å². The first-order valence-corrected chi connectivity index (χ1v) is 9.10. The summed E-state index contributed by atoms with van der Waals surface area (Å²) < 4.78 is 6.29. The molecule has 0 aliphatic carbocycles. The molecule has 110 valence electrons. The summed E-state index contributed by atoms with van der Waals surface area (Å²) >= 11 is 8.60. The highest BCUT2D eigenvalue weighted by atomic mass is 32.2. The topological polar surface area (TPSA) is 45.3 Å². The van der Waals surface area contributed by atoms with Gasteiger partial charge in [0, 0.05) is 40.8 Å². The second kappa shape index (κ2) is 6.17. The number of aromatic amines is 1. The molecule has 2 atom stereocenters. The van der Waals surface area contributed by atoms with E-state index in [-0.39, 0.29) is 5.91 Å². The van der Waals surface area contributed by atoms with E-state index in [1.807, 2.05) is 18.7 Å². The third-order valence-corrected chi connectivity index (χ3v) is 6.52. The quantitative estimate of drug-likeness (QED) is 0.846. The fourth-order valence-corrected chi connectivity index (χ4v) is 5.42. The summed E-state index contributed by atoms with van der Waals surface area (Å²) in [5.41, 5.74) is 1.03. The molecule has 0 aromatic carbocycles. The van der Waals surface area contributed by atoms with Crippen LogP contribution in [0, 0.1) is 10.9 Å². The Hall–Kier alpha value is -0.370. The molecule has 3 heterocycles. The number of nitrogens with one attached hydrogen (secondary N) is 1. The Labute approximate surface area is 131 Å². The van der Waals surface area contributed by atoms with Gasteiger partial charge in [-0.3, -0.25) is 4.79 Å². The van der Waals surface area contributed by atoms with Crippen LogP contribution in [-0.2, 0) is 16.0 Å². The molecule has 20 heavy (non-hydrogen) atoms. The largest absolute Gasteiger partial charge is 0.380 e. The molecule has 1 amide bonds. The zero-order chi connectivity index (χ0) is 14.1. The Morgan fingerprint density at radius 3 is 3.20 bits per heavy atom. The van der Waals surface area contributed by atoms with Gasteiger partial charge < -0.3 is 14.6 Å². The number of ether oxygens (including phenoxy) is 1. The van der Waals surface area contributed by atoms with Gasteiger partial charge in [-0.2, -0.15) is 11.8 Å². The van der Waals surface area contributed by atoms with Crippen LogP contribution in [0.3, 0.4) is 0 Å². The van der Waals surface area contributed by atoms with Gasteiger partial charge in [-0.1, -0.05) is 0 Å². The lowest BCUT2D eigenvalue weighted by Crippen LogP contribution is -2.54. The minimum atomic E-state index is 0.232. The molecule has 2 aliphatic heterocycles. The average molecular weight is 331 g/mol. The number of hydrogen-bond donors (Lipinski definition) is 1. The number of carbonyl (C=O) groups excluding carboxylic acids is 1. The van der Waals surface area contributed by atoms with Crippen molar-refractivity contribution in [1.29, 1.82) is 0 Å². The van der Waals surface area contributed by atoms with Crippen molar-refractivity contribution in [3.63, 3.8) is 0 Å². The first-order chi connectivity index (χ1) is 9.65. The molecule has 1 N–H and O–H groups in total. The van der Waals surface area contributed by atoms with Gasteiger partial charge in [0.2, 0.25) is 5.91 Å². The molecule has 2 aliphatic rings. The van der Waals surface area contributed by atoms with E-state index in [2.05, 4.69) is 9.88 Å². The molecule has 4 nitrogen and oxygen atoms in total. The third-order valence-electron chi connectivity index (χ3n) is 3.89. The summed E-state index contributed by atoms with van der Waals surface area (Å²) in [6.45, 7) is 4.40. The summed E-state index contributed by atoms with van der Waals surface area (Å²) in [4.78, 5) is 18.9. The molecule has 2 fully saturated rings. The molecule has 2 saturated heterocycles. The Morgan fingerprint density at radius 2 is 2.45 bits per heavy atom. The number of fused-ring (bicyclic) bond motifs is 1. The van der Waals surface area contributed by atoms with Gasteiger partial charge in [0.05, 0.1) is 13.0 Å². The van der Waals surface area contributed by atoms with E-state index in [9.17, 15) is 4.79 Å². The number of rotatable bonds is 2. The van der Waals surface area contributed by atoms with Crippen molar-refractivity contribution in [3.05, 3.63) is 14.5 Å². The smallest absolute Gasteiger partial charge is 0.228 e. The van der Waals surface area contributed by atoms with Crippen molar-refractivity contribution in [2.45, 2.75) is 31.1 Å². The monoisotopic (exact) mass is 330 g/mol. The lowest BCUT2D eigenvalue weighted by atomic mass is 10.1. The highest BCUT2D eigenvalue weighted by molar-refractivity contribution is 8.00. The van der Waals surface area contributed by atoms with Crippen LogP contribution >= 0.6 is 35.3 Å². The van der Waals surface area contributed by atoms with E-state index in [4.69, 9.17) is 17.0 Å². The Balaban J connectivity index is 1.72. The summed E-state index contributed by atoms with van der Waals surface area (Å²) in [6.07, 6.45) is 1.43. The van der Waals surface area contributed by atoms with Crippen LogP contribution in [0.5, 0.6) is 0 Å². The van der Waals surface area contributed by atoms with Crippen molar-refractivity contribution in [2.24, 2.45) is 0 Å². The minimum Gasteiger partial charge on any atom is -0.380 e. The van der Waals surface area contributed by atoms with Gasteiger partial charge in [0.25, 0.3) is 0 Å². The normalized spacial score (nSPS) is 26.4. The maximum atomic E-state index is 12.6. The van der Waals surface area contributed by atoms with Gasteiger partial charge in [0.15, 0.2) is 3.95 Å². The van der Waals surface area contributed by atoms with Crippen LogP contribution in [0.2, 0.25) is 0 Å². The zero-order valence-electron chi connectivity index (χ0n) is 11.4. The van der Waals surface area contributed by atoms with E-state index >= 15 is 0 Å². The second-order valence-electron chi connectivity index (χ2n) is 5.17. The maximum Gasteiger partial charge on any atom is 0.228 e. The lowest BCUT2D eigenvalue weighted by Gasteiger charge is -2.43. The number of carbonyl (C=O) groups is 1. The fraction of sp³-hybridized carbons (Fsp3) is 0.692. The number of thiazole rings is 1. The molecule has 0 bridgehead atoms. The molecule has 0 spiro atoms. The fourth-order valence-electron chi connectivity index (χ4n) is 2.84. The van der Waals surface area contributed by atoms with Crippen LogP contribution in [0.25, 0.3) is 0 Å².